The summed E-state index contributed by atoms with van der Waals surface area (Å²) in [6, 6.07) is 5.20. The highest BCUT2D eigenvalue weighted by Crippen LogP contribution is 2.24. The van der Waals surface area contributed by atoms with Crippen molar-refractivity contribution in [1.82, 2.24) is 9.55 Å². The second-order valence-corrected chi connectivity index (χ2v) is 4.78. The molecule has 0 atom stereocenters. The van der Waals surface area contributed by atoms with Gasteiger partial charge in [0.1, 0.15) is 11.6 Å². The van der Waals surface area contributed by atoms with E-state index in [1.807, 2.05) is 12.3 Å². The summed E-state index contributed by atoms with van der Waals surface area (Å²) >= 11 is 5.82. The van der Waals surface area contributed by atoms with Gasteiger partial charge in [0.25, 0.3) is 0 Å². The number of aromatic hydroxyl groups is 1. The number of nitrogens with zero attached hydrogens (tertiary/aromatic N) is 2. The minimum Gasteiger partial charge on any atom is -0.508 e. The van der Waals surface area contributed by atoms with Crippen LogP contribution in [0.2, 0.25) is 5.02 Å². The van der Waals surface area contributed by atoms with Gasteiger partial charge in [-0.05, 0) is 18.6 Å². The first-order valence-electron chi connectivity index (χ1n) is 6.18. The first-order chi connectivity index (χ1) is 8.70. The molecular weight excluding hydrogens is 248 g/mol. The third-order valence-electron chi connectivity index (χ3n) is 2.95. The molecule has 0 bridgehead atoms. The Morgan fingerprint density at radius 3 is 2.94 bits per heavy atom. The van der Waals surface area contributed by atoms with Crippen molar-refractivity contribution in [3.63, 3.8) is 0 Å². The number of halogens is 1. The molecule has 0 saturated carbocycles. The molecule has 96 valence electrons. The van der Waals surface area contributed by atoms with Crippen molar-refractivity contribution in [3.05, 3.63) is 47.0 Å². The van der Waals surface area contributed by atoms with E-state index in [4.69, 9.17) is 11.6 Å². The van der Waals surface area contributed by atoms with E-state index in [9.17, 15) is 5.11 Å². The van der Waals surface area contributed by atoms with Crippen molar-refractivity contribution >= 4 is 11.6 Å². The highest BCUT2D eigenvalue weighted by Gasteiger charge is 2.07. The Bertz CT molecular complexity index is 522. The summed E-state index contributed by atoms with van der Waals surface area (Å²) in [5.74, 6) is 1.20. The zero-order chi connectivity index (χ0) is 13.0. The molecule has 0 fully saturated rings. The summed E-state index contributed by atoms with van der Waals surface area (Å²) in [5.41, 5.74) is 0.850. The summed E-state index contributed by atoms with van der Waals surface area (Å²) in [4.78, 5) is 4.35. The van der Waals surface area contributed by atoms with Gasteiger partial charge in [0.15, 0.2) is 0 Å². The summed E-state index contributed by atoms with van der Waals surface area (Å²) in [7, 11) is 0. The van der Waals surface area contributed by atoms with E-state index >= 15 is 0 Å². The molecule has 1 aromatic carbocycles. The monoisotopic (exact) mass is 264 g/mol. The molecule has 0 aliphatic rings. The Morgan fingerprint density at radius 2 is 2.22 bits per heavy atom. The van der Waals surface area contributed by atoms with Crippen LogP contribution in [0.4, 0.5) is 0 Å². The fraction of sp³-hybridized carbons (Fsp3) is 0.357. The van der Waals surface area contributed by atoms with E-state index in [-0.39, 0.29) is 5.75 Å². The van der Waals surface area contributed by atoms with E-state index in [1.54, 1.807) is 18.3 Å². The van der Waals surface area contributed by atoms with Crippen LogP contribution in [0.15, 0.2) is 30.6 Å². The molecule has 3 nitrogen and oxygen atoms in total. The minimum atomic E-state index is 0.229. The van der Waals surface area contributed by atoms with Crippen molar-refractivity contribution in [1.29, 1.82) is 0 Å². The lowest BCUT2D eigenvalue weighted by atomic mass is 10.1. The topological polar surface area (TPSA) is 38.0 Å². The van der Waals surface area contributed by atoms with Crippen molar-refractivity contribution < 1.29 is 5.11 Å². The molecular formula is C14H17ClN2O. The van der Waals surface area contributed by atoms with E-state index in [1.165, 1.54) is 0 Å². The largest absolute Gasteiger partial charge is 0.508 e. The Morgan fingerprint density at radius 1 is 1.39 bits per heavy atom. The average Bonchev–Trinajstić information content (AvgIpc) is 2.77. The number of phenolic OH excluding ortho intramolecular Hbond substituents is 1. The van der Waals surface area contributed by atoms with E-state index in [0.717, 1.165) is 30.8 Å². The SMILES string of the molecule is CCCCn1ccnc1Cc1ccc(Cl)cc1O. The van der Waals surface area contributed by atoms with Gasteiger partial charge >= 0.3 is 0 Å². The molecule has 1 N–H and O–H groups in total. The van der Waals surface area contributed by atoms with Gasteiger partial charge in [-0.15, -0.1) is 0 Å². The summed E-state index contributed by atoms with van der Waals surface area (Å²) < 4.78 is 2.14. The third-order valence-corrected chi connectivity index (χ3v) is 3.19. The van der Waals surface area contributed by atoms with Crippen LogP contribution in [0.1, 0.15) is 31.2 Å². The van der Waals surface area contributed by atoms with Crippen LogP contribution >= 0.6 is 11.6 Å². The standard InChI is InChI=1S/C14H17ClN2O/c1-2-3-7-17-8-6-16-14(17)9-11-4-5-12(15)10-13(11)18/h4-6,8,10,18H,2-3,7,9H2,1H3. The fourth-order valence-electron chi connectivity index (χ4n) is 1.90. The molecule has 0 amide bonds. The Hall–Kier alpha value is -1.48. The van der Waals surface area contributed by atoms with Gasteiger partial charge in [-0.25, -0.2) is 4.98 Å². The summed E-state index contributed by atoms with van der Waals surface area (Å²) in [6.45, 7) is 3.14. The van der Waals surface area contributed by atoms with E-state index in [0.29, 0.717) is 11.4 Å². The second-order valence-electron chi connectivity index (χ2n) is 4.34. The fourth-order valence-corrected chi connectivity index (χ4v) is 2.06. The van der Waals surface area contributed by atoms with Crippen molar-refractivity contribution in [2.24, 2.45) is 0 Å². The van der Waals surface area contributed by atoms with Crippen molar-refractivity contribution in [2.45, 2.75) is 32.7 Å². The molecule has 2 aromatic rings. The second kappa shape index (κ2) is 5.91. The van der Waals surface area contributed by atoms with Crippen LogP contribution in [-0.4, -0.2) is 14.7 Å². The molecule has 1 aromatic heterocycles. The van der Waals surface area contributed by atoms with Gasteiger partial charge in [-0.1, -0.05) is 31.0 Å². The Kier molecular flexibility index (Phi) is 4.26. The quantitative estimate of drug-likeness (QED) is 0.895. The number of aryl methyl sites for hydroxylation is 1. The van der Waals surface area contributed by atoms with Gasteiger partial charge < -0.3 is 9.67 Å². The maximum Gasteiger partial charge on any atom is 0.120 e. The predicted molar refractivity (Wildman–Crippen MR) is 73.1 cm³/mol. The number of unbranched alkanes of at least 4 members (excludes halogenated alkanes) is 1. The van der Waals surface area contributed by atoms with Gasteiger partial charge in [0, 0.05) is 35.9 Å². The number of hydrogen-bond acceptors (Lipinski definition) is 2. The number of imidazole rings is 1. The van der Waals surface area contributed by atoms with Crippen LogP contribution in [0.3, 0.4) is 0 Å². The van der Waals surface area contributed by atoms with E-state index in [2.05, 4.69) is 16.5 Å². The highest BCUT2D eigenvalue weighted by molar-refractivity contribution is 6.30. The van der Waals surface area contributed by atoms with Crippen LogP contribution in [0, 0.1) is 0 Å². The molecule has 1 heterocycles. The number of rotatable bonds is 5. The van der Waals surface area contributed by atoms with Crippen LogP contribution < -0.4 is 0 Å². The molecule has 0 aliphatic heterocycles. The molecule has 2 rings (SSSR count). The molecule has 0 aliphatic carbocycles. The van der Waals surface area contributed by atoms with Gasteiger partial charge in [-0.3, -0.25) is 0 Å². The third kappa shape index (κ3) is 3.05. The van der Waals surface area contributed by atoms with Gasteiger partial charge in [0.2, 0.25) is 0 Å². The Balaban J connectivity index is 2.15. The number of phenols is 1. The van der Waals surface area contributed by atoms with E-state index < -0.39 is 0 Å². The Labute approximate surface area is 112 Å². The minimum absolute atomic E-state index is 0.229. The lowest BCUT2D eigenvalue weighted by molar-refractivity contribution is 0.468. The smallest absolute Gasteiger partial charge is 0.120 e. The highest BCUT2D eigenvalue weighted by atomic mass is 35.5. The first-order valence-corrected chi connectivity index (χ1v) is 6.56. The van der Waals surface area contributed by atoms with Crippen LogP contribution in [0.25, 0.3) is 0 Å². The van der Waals surface area contributed by atoms with Crippen molar-refractivity contribution in [2.75, 3.05) is 0 Å². The molecule has 4 heteroatoms. The van der Waals surface area contributed by atoms with Gasteiger partial charge in [0.05, 0.1) is 0 Å². The predicted octanol–water partition coefficient (Wildman–Crippen LogP) is 3.63. The van der Waals surface area contributed by atoms with Crippen molar-refractivity contribution in [3.8, 4) is 5.75 Å². The van der Waals surface area contributed by atoms with Gasteiger partial charge in [-0.2, -0.15) is 0 Å². The molecule has 0 saturated heterocycles. The van der Waals surface area contributed by atoms with Crippen LogP contribution in [-0.2, 0) is 13.0 Å². The lowest BCUT2D eigenvalue weighted by Crippen LogP contribution is -2.04. The molecule has 0 spiro atoms. The summed E-state index contributed by atoms with van der Waals surface area (Å²) in [6.07, 6.45) is 6.70. The maximum atomic E-state index is 9.84. The average molecular weight is 265 g/mol. The number of hydrogen-bond donors (Lipinski definition) is 1. The van der Waals surface area contributed by atoms with Crippen LogP contribution in [0.5, 0.6) is 5.75 Å². The number of aromatic nitrogens is 2. The number of benzene rings is 1. The molecule has 18 heavy (non-hydrogen) atoms. The molecule has 0 radical (unpaired) electrons. The zero-order valence-corrected chi connectivity index (χ0v) is 11.2. The maximum absolute atomic E-state index is 9.84. The first kappa shape index (κ1) is 13.0. The lowest BCUT2D eigenvalue weighted by Gasteiger charge is -2.08. The zero-order valence-electron chi connectivity index (χ0n) is 10.4. The molecule has 0 unspecified atom stereocenters. The normalized spacial score (nSPS) is 10.8. The summed E-state index contributed by atoms with van der Waals surface area (Å²) in [5, 5.41) is 10.4.